The van der Waals surface area contributed by atoms with Gasteiger partial charge in [0.2, 0.25) is 0 Å². The second-order valence-electron chi connectivity index (χ2n) is 7.96. The van der Waals surface area contributed by atoms with Gasteiger partial charge in [0.05, 0.1) is 11.7 Å². The van der Waals surface area contributed by atoms with Crippen LogP contribution in [0.3, 0.4) is 0 Å². The normalized spacial score (nSPS) is 20.9. The van der Waals surface area contributed by atoms with Gasteiger partial charge in [-0.05, 0) is 77.5 Å². The summed E-state index contributed by atoms with van der Waals surface area (Å²) in [4.78, 5) is 15.0. The summed E-state index contributed by atoms with van der Waals surface area (Å²) >= 11 is 0. The minimum absolute atomic E-state index is 0. The quantitative estimate of drug-likeness (QED) is 0.644. The lowest BCUT2D eigenvalue weighted by molar-refractivity contribution is 0.0946. The van der Waals surface area contributed by atoms with E-state index in [1.807, 2.05) is 11.6 Å². The van der Waals surface area contributed by atoms with Crippen molar-refractivity contribution in [3.05, 3.63) is 11.4 Å². The van der Waals surface area contributed by atoms with Crippen molar-refractivity contribution in [3.8, 4) is 0 Å². The van der Waals surface area contributed by atoms with Crippen molar-refractivity contribution in [2.45, 2.75) is 58.4 Å². The molecule has 2 N–H and O–H groups in total. The lowest BCUT2D eigenvalue weighted by Crippen LogP contribution is -2.35. The van der Waals surface area contributed by atoms with Gasteiger partial charge in [0, 0.05) is 13.1 Å². The fourth-order valence-electron chi connectivity index (χ4n) is 4.18. The molecule has 0 bridgehead atoms. The summed E-state index contributed by atoms with van der Waals surface area (Å²) < 4.78 is 1.94. The van der Waals surface area contributed by atoms with Crippen LogP contribution in [0.25, 0.3) is 0 Å². The minimum atomic E-state index is -0.0886. The zero-order valence-electron chi connectivity index (χ0n) is 17.2. The molecule has 0 aliphatic carbocycles. The molecule has 162 valence electrons. The first-order valence-electron chi connectivity index (χ1n) is 10.3. The molecule has 0 radical (unpaired) electrons. The molecule has 0 aromatic carbocycles. The molecule has 1 aromatic heterocycles. The van der Waals surface area contributed by atoms with E-state index in [2.05, 4.69) is 32.8 Å². The van der Waals surface area contributed by atoms with Crippen molar-refractivity contribution in [2.75, 3.05) is 39.3 Å². The number of nitrogens with zero attached hydrogens (tertiary/aromatic N) is 4. The number of likely N-dealkylation sites (tertiary alicyclic amines) is 1. The first kappa shape index (κ1) is 25.1. The van der Waals surface area contributed by atoms with Gasteiger partial charge in [0.1, 0.15) is 0 Å². The van der Waals surface area contributed by atoms with Crippen molar-refractivity contribution >= 4 is 30.7 Å². The molecule has 1 atom stereocenters. The van der Waals surface area contributed by atoms with Crippen LogP contribution in [0.1, 0.15) is 67.7 Å². The van der Waals surface area contributed by atoms with E-state index in [0.29, 0.717) is 18.3 Å². The van der Waals surface area contributed by atoms with Crippen LogP contribution >= 0.6 is 24.8 Å². The topological polar surface area (TPSA) is 75.1 Å². The number of carbonyl (C=O) groups excluding carboxylic acids is 1. The smallest absolute Gasteiger partial charge is 0.273 e. The summed E-state index contributed by atoms with van der Waals surface area (Å²) in [7, 11) is 0. The monoisotopic (exact) mass is 434 g/mol. The molecule has 7 nitrogen and oxygen atoms in total. The number of rotatable bonds is 7. The fourth-order valence-corrected chi connectivity index (χ4v) is 4.18. The molecule has 0 spiro atoms. The van der Waals surface area contributed by atoms with Crippen LogP contribution in [0.4, 0.5) is 0 Å². The van der Waals surface area contributed by atoms with Crippen LogP contribution < -0.4 is 10.6 Å². The Morgan fingerprint density at radius 2 is 1.96 bits per heavy atom. The number of carbonyl (C=O) groups is 1. The molecule has 0 saturated carbocycles. The molecule has 3 heterocycles. The molecule has 1 amide bonds. The third kappa shape index (κ3) is 6.87. The van der Waals surface area contributed by atoms with Crippen LogP contribution in [0.2, 0.25) is 0 Å². The Hall–Kier alpha value is -0.890. The Bertz CT molecular complexity index is 591. The molecule has 28 heavy (non-hydrogen) atoms. The maximum absolute atomic E-state index is 12.4. The highest BCUT2D eigenvalue weighted by Gasteiger charge is 2.22. The molecule has 2 aliphatic heterocycles. The molecular weight excluding hydrogens is 399 g/mol. The second-order valence-corrected chi connectivity index (χ2v) is 7.96. The Morgan fingerprint density at radius 1 is 1.21 bits per heavy atom. The highest BCUT2D eigenvalue weighted by molar-refractivity contribution is 5.93. The van der Waals surface area contributed by atoms with Gasteiger partial charge in [0.25, 0.3) is 5.91 Å². The predicted molar refractivity (Wildman–Crippen MR) is 117 cm³/mol. The summed E-state index contributed by atoms with van der Waals surface area (Å²) in [5.41, 5.74) is 1.37. The van der Waals surface area contributed by atoms with Crippen LogP contribution in [0, 0.1) is 12.8 Å². The first-order valence-corrected chi connectivity index (χ1v) is 10.3. The van der Waals surface area contributed by atoms with Gasteiger partial charge < -0.3 is 15.5 Å². The summed E-state index contributed by atoms with van der Waals surface area (Å²) in [5, 5.41) is 14.8. The Labute approximate surface area is 181 Å². The van der Waals surface area contributed by atoms with E-state index in [4.69, 9.17) is 0 Å². The average molecular weight is 435 g/mol. The minimum Gasteiger partial charge on any atom is -0.351 e. The molecule has 2 fully saturated rings. The Kier molecular flexibility index (Phi) is 11.3. The van der Waals surface area contributed by atoms with Gasteiger partial charge in [-0.25, -0.2) is 4.68 Å². The lowest BCUT2D eigenvalue weighted by atomic mass is 10.0. The van der Waals surface area contributed by atoms with Crippen molar-refractivity contribution in [2.24, 2.45) is 5.92 Å². The molecule has 1 aromatic rings. The van der Waals surface area contributed by atoms with Crippen molar-refractivity contribution in [1.82, 2.24) is 30.5 Å². The molecule has 3 rings (SSSR count). The zero-order chi connectivity index (χ0) is 18.4. The van der Waals surface area contributed by atoms with E-state index in [1.54, 1.807) is 0 Å². The van der Waals surface area contributed by atoms with Crippen molar-refractivity contribution in [1.29, 1.82) is 0 Å². The van der Waals surface area contributed by atoms with E-state index >= 15 is 0 Å². The van der Waals surface area contributed by atoms with E-state index < -0.39 is 0 Å². The largest absolute Gasteiger partial charge is 0.351 e. The maximum Gasteiger partial charge on any atom is 0.273 e. The number of amides is 1. The number of piperidine rings is 2. The molecular formula is C19H36Cl2N6O. The van der Waals surface area contributed by atoms with Crippen LogP contribution in [0.5, 0.6) is 0 Å². The number of aromatic nitrogens is 3. The first-order chi connectivity index (χ1) is 12.6. The number of halogens is 2. The van der Waals surface area contributed by atoms with Gasteiger partial charge in [0.15, 0.2) is 5.69 Å². The maximum atomic E-state index is 12.4. The SMILES string of the molecule is Cc1c(C(=O)NCCCCN2CCCC(C)C2)nnn1C1CCNCC1.Cl.Cl. The number of unbranched alkanes of at least 4 members (excludes halogenated alkanes) is 1. The Morgan fingerprint density at radius 3 is 2.68 bits per heavy atom. The third-order valence-corrected chi connectivity index (χ3v) is 5.72. The fraction of sp³-hybridized carbons (Fsp3) is 0.842. The third-order valence-electron chi connectivity index (χ3n) is 5.72. The van der Waals surface area contributed by atoms with E-state index in [-0.39, 0.29) is 30.7 Å². The van der Waals surface area contributed by atoms with E-state index in [1.165, 1.54) is 25.9 Å². The average Bonchev–Trinajstić information content (AvgIpc) is 3.03. The van der Waals surface area contributed by atoms with Gasteiger partial charge in [-0.3, -0.25) is 4.79 Å². The van der Waals surface area contributed by atoms with Crippen LogP contribution in [0.15, 0.2) is 0 Å². The Balaban J connectivity index is 0.00000196. The predicted octanol–water partition coefficient (Wildman–Crippen LogP) is 2.60. The number of hydrogen-bond acceptors (Lipinski definition) is 5. The standard InChI is InChI=1S/C19H34N6O.2ClH/c1-15-6-5-13-24(14-15)12-4-3-9-21-19(26)18-16(2)25(23-22-18)17-7-10-20-11-8-17;;/h15,17,20H,3-14H2,1-2H3,(H,21,26);2*1H. The van der Waals surface area contributed by atoms with Gasteiger partial charge >= 0.3 is 0 Å². The van der Waals surface area contributed by atoms with Gasteiger partial charge in [-0.1, -0.05) is 12.1 Å². The van der Waals surface area contributed by atoms with Crippen molar-refractivity contribution in [3.63, 3.8) is 0 Å². The highest BCUT2D eigenvalue weighted by atomic mass is 35.5. The highest BCUT2D eigenvalue weighted by Crippen LogP contribution is 2.20. The molecule has 2 aliphatic rings. The molecule has 9 heteroatoms. The van der Waals surface area contributed by atoms with Crippen LogP contribution in [-0.2, 0) is 0 Å². The van der Waals surface area contributed by atoms with Crippen molar-refractivity contribution < 1.29 is 4.79 Å². The van der Waals surface area contributed by atoms with Crippen LogP contribution in [-0.4, -0.2) is 65.1 Å². The van der Waals surface area contributed by atoms with Gasteiger partial charge in [-0.2, -0.15) is 0 Å². The molecule has 1 unspecified atom stereocenters. The summed E-state index contributed by atoms with van der Waals surface area (Å²) in [6, 6.07) is 0.359. The number of hydrogen-bond donors (Lipinski definition) is 2. The summed E-state index contributed by atoms with van der Waals surface area (Å²) in [5.74, 6) is 0.739. The lowest BCUT2D eigenvalue weighted by Gasteiger charge is -2.30. The van der Waals surface area contributed by atoms with E-state index in [0.717, 1.165) is 56.9 Å². The zero-order valence-corrected chi connectivity index (χ0v) is 18.8. The summed E-state index contributed by atoms with van der Waals surface area (Å²) in [6.45, 7) is 10.6. The van der Waals surface area contributed by atoms with E-state index in [9.17, 15) is 4.79 Å². The summed E-state index contributed by atoms with van der Waals surface area (Å²) in [6.07, 6.45) is 6.92. The second kappa shape index (κ2) is 12.6. The molecule has 2 saturated heterocycles. The number of nitrogens with one attached hydrogen (secondary N) is 2. The van der Waals surface area contributed by atoms with Gasteiger partial charge in [-0.15, -0.1) is 29.9 Å².